The van der Waals surface area contributed by atoms with E-state index in [0.717, 1.165) is 0 Å². The molecule has 24 heavy (non-hydrogen) atoms. The van der Waals surface area contributed by atoms with E-state index in [0.29, 0.717) is 28.7 Å². The van der Waals surface area contributed by atoms with E-state index < -0.39 is 26.3 Å². The molecule has 0 radical (unpaired) electrons. The average Bonchev–Trinajstić information content (AvgIpc) is 2.80. The van der Waals surface area contributed by atoms with Gasteiger partial charge in [0.15, 0.2) is 17.6 Å². The third kappa shape index (κ3) is 3.30. The lowest BCUT2D eigenvalue weighted by Crippen LogP contribution is -2.41. The van der Waals surface area contributed by atoms with E-state index in [-0.39, 0.29) is 5.04 Å². The number of carbonyl (C=O) groups is 1. The van der Waals surface area contributed by atoms with Gasteiger partial charge in [0.1, 0.15) is 0 Å². The molecule has 0 spiro atoms. The van der Waals surface area contributed by atoms with Crippen LogP contribution in [0.2, 0.25) is 24.2 Å². The van der Waals surface area contributed by atoms with Crippen LogP contribution in [-0.2, 0) is 4.74 Å². The summed E-state index contributed by atoms with van der Waals surface area (Å²) >= 11 is 0. The molecule has 0 saturated heterocycles. The Labute approximate surface area is 144 Å². The summed E-state index contributed by atoms with van der Waals surface area (Å²) in [6.07, 6.45) is -1.38. The smallest absolute Gasteiger partial charge is 0.339 e. The first-order valence-electron chi connectivity index (χ1n) is 8.17. The molecular weight excluding hydrogens is 324 g/mol. The van der Waals surface area contributed by atoms with E-state index in [9.17, 15) is 9.90 Å². The highest BCUT2D eigenvalue weighted by Crippen LogP contribution is 2.45. The van der Waals surface area contributed by atoms with Crippen LogP contribution in [0.1, 0.15) is 42.8 Å². The minimum atomic E-state index is -1.72. The number of aliphatic hydroxyl groups is 1. The van der Waals surface area contributed by atoms with Gasteiger partial charge in [0.25, 0.3) is 0 Å². The molecule has 0 aromatic heterocycles. The van der Waals surface area contributed by atoms with Crippen molar-refractivity contribution in [3.63, 3.8) is 0 Å². The number of esters is 1. The number of cyclic esters (lactones) is 1. The fourth-order valence-electron chi connectivity index (χ4n) is 2.77. The Morgan fingerprint density at radius 2 is 1.75 bits per heavy atom. The van der Waals surface area contributed by atoms with Gasteiger partial charge in [0.2, 0.25) is 0 Å². The number of ether oxygens (including phenoxy) is 3. The Balaban J connectivity index is 2.34. The fourth-order valence-corrected chi connectivity index (χ4v) is 4.64. The Morgan fingerprint density at radius 3 is 2.25 bits per heavy atom. The maximum Gasteiger partial charge on any atom is 0.339 e. The minimum absolute atomic E-state index is 0.150. The molecular formula is C18H28O5Si. The third-order valence-electron chi connectivity index (χ3n) is 5.42. The predicted molar refractivity (Wildman–Crippen MR) is 95.7 cm³/mol. The molecule has 1 aliphatic rings. The maximum absolute atomic E-state index is 12.2. The molecule has 0 amide bonds. The standard InChI is InChI=1S/C18H28O5Si/c1-18(2,3)24(6,7)10-13(19)16-11-8-14(21-4)15(22-5)9-12(11)17(20)23-16/h8-9,13,16,19H,10H2,1-7H3/t13-,16+/m0/s1. The molecule has 134 valence electrons. The molecule has 1 heterocycles. The van der Waals surface area contributed by atoms with Crippen molar-refractivity contribution in [3.05, 3.63) is 23.3 Å². The van der Waals surface area contributed by atoms with Gasteiger partial charge in [-0.15, -0.1) is 0 Å². The summed E-state index contributed by atoms with van der Waals surface area (Å²) < 4.78 is 16.0. The van der Waals surface area contributed by atoms with Crippen LogP contribution in [0.4, 0.5) is 0 Å². The van der Waals surface area contributed by atoms with Gasteiger partial charge in [-0.2, -0.15) is 0 Å². The highest BCUT2D eigenvalue weighted by Gasteiger charge is 2.43. The number of carbonyl (C=O) groups excluding carboxylic acids is 1. The lowest BCUT2D eigenvalue weighted by molar-refractivity contribution is -0.00336. The molecule has 0 fully saturated rings. The van der Waals surface area contributed by atoms with Crippen LogP contribution in [0.25, 0.3) is 0 Å². The molecule has 1 aromatic carbocycles. The molecule has 6 heteroatoms. The van der Waals surface area contributed by atoms with Crippen LogP contribution in [0.15, 0.2) is 12.1 Å². The van der Waals surface area contributed by atoms with E-state index in [1.165, 1.54) is 7.11 Å². The molecule has 1 N–H and O–H groups in total. The van der Waals surface area contributed by atoms with Crippen LogP contribution in [0.5, 0.6) is 11.5 Å². The first-order chi connectivity index (χ1) is 11.0. The Hall–Kier alpha value is -1.53. The van der Waals surface area contributed by atoms with Crippen molar-refractivity contribution in [2.75, 3.05) is 14.2 Å². The summed E-state index contributed by atoms with van der Waals surface area (Å²) in [6.45, 7) is 11.1. The van der Waals surface area contributed by atoms with Crippen molar-refractivity contribution in [1.29, 1.82) is 0 Å². The molecule has 5 nitrogen and oxygen atoms in total. The molecule has 1 aliphatic heterocycles. The van der Waals surface area contributed by atoms with Gasteiger partial charge in [-0.25, -0.2) is 4.79 Å². The Bertz CT molecular complexity index is 633. The molecule has 2 rings (SSSR count). The summed E-state index contributed by atoms with van der Waals surface area (Å²) in [6, 6.07) is 4.01. The minimum Gasteiger partial charge on any atom is -0.493 e. The van der Waals surface area contributed by atoms with Crippen molar-refractivity contribution in [2.45, 2.75) is 57.2 Å². The quantitative estimate of drug-likeness (QED) is 0.645. The zero-order chi connectivity index (χ0) is 18.3. The predicted octanol–water partition coefficient (Wildman–Crippen LogP) is 3.78. The highest BCUT2D eigenvalue weighted by atomic mass is 28.3. The number of hydrogen-bond donors (Lipinski definition) is 1. The average molecular weight is 353 g/mol. The monoisotopic (exact) mass is 352 g/mol. The third-order valence-corrected chi connectivity index (χ3v) is 10.9. The molecule has 0 aliphatic carbocycles. The van der Waals surface area contributed by atoms with Gasteiger partial charge in [0, 0.05) is 5.56 Å². The summed E-state index contributed by atoms with van der Waals surface area (Å²) in [5, 5.41) is 10.9. The number of rotatable bonds is 5. The van der Waals surface area contributed by atoms with Gasteiger partial charge < -0.3 is 19.3 Å². The normalized spacial score (nSPS) is 18.8. The van der Waals surface area contributed by atoms with E-state index in [1.54, 1.807) is 19.2 Å². The number of hydrogen-bond acceptors (Lipinski definition) is 5. The van der Waals surface area contributed by atoms with Crippen molar-refractivity contribution in [2.24, 2.45) is 0 Å². The van der Waals surface area contributed by atoms with Crippen LogP contribution < -0.4 is 9.47 Å². The second-order valence-corrected chi connectivity index (χ2v) is 13.7. The summed E-state index contributed by atoms with van der Waals surface area (Å²) in [5.74, 6) is 0.581. The van der Waals surface area contributed by atoms with Crippen molar-refractivity contribution in [3.8, 4) is 11.5 Å². The van der Waals surface area contributed by atoms with E-state index in [2.05, 4.69) is 33.9 Å². The van der Waals surface area contributed by atoms with E-state index in [1.807, 2.05) is 0 Å². The Morgan fingerprint density at radius 1 is 1.21 bits per heavy atom. The number of benzene rings is 1. The second kappa shape index (κ2) is 6.41. The maximum atomic E-state index is 12.2. The van der Waals surface area contributed by atoms with E-state index >= 15 is 0 Å². The van der Waals surface area contributed by atoms with Crippen LogP contribution in [0, 0.1) is 0 Å². The van der Waals surface area contributed by atoms with Gasteiger partial charge in [-0.3, -0.25) is 0 Å². The topological polar surface area (TPSA) is 65.0 Å². The molecule has 0 bridgehead atoms. The number of methoxy groups -OCH3 is 2. The summed E-state index contributed by atoms with van der Waals surface area (Å²) in [4.78, 5) is 12.2. The summed E-state index contributed by atoms with van der Waals surface area (Å²) in [5.41, 5.74) is 1.11. The van der Waals surface area contributed by atoms with Gasteiger partial charge in [0.05, 0.1) is 34.0 Å². The largest absolute Gasteiger partial charge is 0.493 e. The molecule has 0 saturated carbocycles. The fraction of sp³-hybridized carbons (Fsp3) is 0.611. The van der Waals surface area contributed by atoms with Crippen LogP contribution in [0.3, 0.4) is 0 Å². The zero-order valence-corrected chi connectivity index (χ0v) is 16.6. The van der Waals surface area contributed by atoms with Crippen molar-refractivity contribution < 1.29 is 24.1 Å². The summed E-state index contributed by atoms with van der Waals surface area (Å²) in [7, 11) is 1.35. The van der Waals surface area contributed by atoms with Gasteiger partial charge >= 0.3 is 5.97 Å². The lowest BCUT2D eigenvalue weighted by Gasteiger charge is -2.39. The van der Waals surface area contributed by atoms with Crippen molar-refractivity contribution in [1.82, 2.24) is 0 Å². The second-order valence-electron chi connectivity index (χ2n) is 8.03. The Kier molecular flexibility index (Phi) is 5.02. The van der Waals surface area contributed by atoms with E-state index in [4.69, 9.17) is 14.2 Å². The van der Waals surface area contributed by atoms with Crippen molar-refractivity contribution >= 4 is 14.0 Å². The zero-order valence-electron chi connectivity index (χ0n) is 15.6. The SMILES string of the molecule is COc1cc2c(cc1OC)[C@H]([C@@H](O)C[Si](C)(C)C(C)(C)C)OC2=O. The molecule has 1 aromatic rings. The van der Waals surface area contributed by atoms with Gasteiger partial charge in [-0.1, -0.05) is 33.9 Å². The molecule has 0 unspecified atom stereocenters. The number of aliphatic hydroxyl groups excluding tert-OH is 1. The van der Waals surface area contributed by atoms with Crippen LogP contribution >= 0.6 is 0 Å². The van der Waals surface area contributed by atoms with Crippen LogP contribution in [-0.4, -0.2) is 39.5 Å². The molecule has 2 atom stereocenters. The lowest BCUT2D eigenvalue weighted by atomic mass is 10.0. The first-order valence-corrected chi connectivity index (χ1v) is 11.4. The van der Waals surface area contributed by atoms with Gasteiger partial charge in [-0.05, 0) is 23.2 Å². The highest BCUT2D eigenvalue weighted by molar-refractivity contribution is 6.80. The first kappa shape index (κ1) is 18.8. The number of fused-ring (bicyclic) bond motifs is 1.